The summed E-state index contributed by atoms with van der Waals surface area (Å²) in [5, 5.41) is 2.94. The lowest BCUT2D eigenvalue weighted by Crippen LogP contribution is -2.32. The highest BCUT2D eigenvalue weighted by molar-refractivity contribution is 5.95. The van der Waals surface area contributed by atoms with Crippen molar-refractivity contribution in [3.05, 3.63) is 23.8 Å². The van der Waals surface area contributed by atoms with Gasteiger partial charge in [0.2, 0.25) is 0 Å². The summed E-state index contributed by atoms with van der Waals surface area (Å²) in [5.41, 5.74) is 0.381. The van der Waals surface area contributed by atoms with Gasteiger partial charge in [0.05, 0.1) is 6.61 Å². The van der Waals surface area contributed by atoms with Crippen LogP contribution in [0.25, 0.3) is 0 Å². The molecule has 1 aromatic carbocycles. The van der Waals surface area contributed by atoms with Gasteiger partial charge in [-0.3, -0.25) is 4.79 Å². The minimum Gasteiger partial charge on any atom is -0.490 e. The average Bonchev–Trinajstić information content (AvgIpc) is 2.93. The Kier molecular flexibility index (Phi) is 5.36. The van der Waals surface area contributed by atoms with Crippen LogP contribution in [0.1, 0.15) is 43.0 Å². The van der Waals surface area contributed by atoms with E-state index in [1.165, 1.54) is 18.2 Å². The van der Waals surface area contributed by atoms with E-state index in [4.69, 9.17) is 4.74 Å². The molecule has 0 atom stereocenters. The van der Waals surface area contributed by atoms with E-state index < -0.39 is 6.61 Å². The van der Waals surface area contributed by atoms with E-state index in [1.807, 2.05) is 0 Å². The summed E-state index contributed by atoms with van der Waals surface area (Å²) in [7, 11) is 0. The summed E-state index contributed by atoms with van der Waals surface area (Å²) in [6.07, 6.45) is 4.21. The Bertz CT molecular complexity index is 488. The SMILES string of the molecule is CCOc1cc(C(=O)NC2CCCC2)ccc1OC(F)F. The number of carbonyl (C=O) groups excluding carboxylic acids is 1. The fraction of sp³-hybridized carbons (Fsp3) is 0.533. The molecular weight excluding hydrogens is 280 g/mol. The molecule has 0 heterocycles. The van der Waals surface area contributed by atoms with Crippen molar-refractivity contribution in [3.8, 4) is 11.5 Å². The second-order valence-electron chi connectivity index (χ2n) is 4.93. The number of carbonyl (C=O) groups is 1. The molecule has 4 nitrogen and oxygen atoms in total. The smallest absolute Gasteiger partial charge is 0.387 e. The van der Waals surface area contributed by atoms with Crippen LogP contribution >= 0.6 is 0 Å². The third kappa shape index (κ3) is 4.31. The van der Waals surface area contributed by atoms with Gasteiger partial charge in [-0.15, -0.1) is 0 Å². The molecule has 116 valence electrons. The zero-order valence-corrected chi connectivity index (χ0v) is 11.9. The van der Waals surface area contributed by atoms with E-state index >= 15 is 0 Å². The second kappa shape index (κ2) is 7.24. The van der Waals surface area contributed by atoms with Gasteiger partial charge in [-0.05, 0) is 38.0 Å². The third-order valence-corrected chi connectivity index (χ3v) is 3.41. The highest BCUT2D eigenvalue weighted by Crippen LogP contribution is 2.30. The number of alkyl halides is 2. The molecule has 1 saturated carbocycles. The van der Waals surface area contributed by atoms with Gasteiger partial charge >= 0.3 is 6.61 Å². The van der Waals surface area contributed by atoms with Gasteiger partial charge in [0.1, 0.15) is 0 Å². The summed E-state index contributed by atoms with van der Waals surface area (Å²) in [6.45, 7) is -0.896. The number of rotatable bonds is 6. The quantitative estimate of drug-likeness (QED) is 0.876. The first-order chi connectivity index (χ1) is 10.1. The minimum atomic E-state index is -2.93. The van der Waals surface area contributed by atoms with Crippen molar-refractivity contribution in [2.45, 2.75) is 45.3 Å². The van der Waals surface area contributed by atoms with E-state index in [1.54, 1.807) is 6.92 Å². The fourth-order valence-corrected chi connectivity index (χ4v) is 2.45. The second-order valence-corrected chi connectivity index (χ2v) is 4.93. The Morgan fingerprint density at radius 3 is 2.67 bits per heavy atom. The first-order valence-corrected chi connectivity index (χ1v) is 7.12. The molecule has 2 rings (SSSR count). The van der Waals surface area contributed by atoms with Crippen LogP contribution in [0, 0.1) is 0 Å². The Morgan fingerprint density at radius 1 is 1.33 bits per heavy atom. The topological polar surface area (TPSA) is 47.6 Å². The van der Waals surface area contributed by atoms with Crippen LogP contribution in [0.4, 0.5) is 8.78 Å². The van der Waals surface area contributed by atoms with Crippen molar-refractivity contribution in [2.24, 2.45) is 0 Å². The lowest BCUT2D eigenvalue weighted by Gasteiger charge is -2.15. The third-order valence-electron chi connectivity index (χ3n) is 3.41. The van der Waals surface area contributed by atoms with Crippen LogP contribution in [0.5, 0.6) is 11.5 Å². The fourth-order valence-electron chi connectivity index (χ4n) is 2.45. The van der Waals surface area contributed by atoms with E-state index in [0.29, 0.717) is 12.2 Å². The molecule has 0 radical (unpaired) electrons. The highest BCUT2D eigenvalue weighted by Gasteiger charge is 2.19. The Morgan fingerprint density at radius 2 is 2.05 bits per heavy atom. The molecular formula is C15H19F2NO3. The Balaban J connectivity index is 2.11. The van der Waals surface area contributed by atoms with Gasteiger partial charge in [0.15, 0.2) is 11.5 Å². The van der Waals surface area contributed by atoms with Gasteiger partial charge in [0.25, 0.3) is 5.91 Å². The Labute approximate surface area is 122 Å². The summed E-state index contributed by atoms with van der Waals surface area (Å²) < 4.78 is 34.3. The number of benzene rings is 1. The molecule has 6 heteroatoms. The predicted octanol–water partition coefficient (Wildman–Crippen LogP) is 3.36. The van der Waals surface area contributed by atoms with Crippen molar-refractivity contribution in [1.82, 2.24) is 5.32 Å². The highest BCUT2D eigenvalue weighted by atomic mass is 19.3. The number of hydrogen-bond acceptors (Lipinski definition) is 3. The van der Waals surface area contributed by atoms with Gasteiger partial charge in [-0.2, -0.15) is 8.78 Å². The van der Waals surface area contributed by atoms with Crippen molar-refractivity contribution < 1.29 is 23.0 Å². The molecule has 1 aliphatic rings. The first kappa shape index (κ1) is 15.5. The van der Waals surface area contributed by atoms with E-state index in [-0.39, 0.29) is 23.4 Å². The molecule has 1 amide bonds. The lowest BCUT2D eigenvalue weighted by atomic mass is 10.1. The van der Waals surface area contributed by atoms with E-state index in [2.05, 4.69) is 10.1 Å². The van der Waals surface area contributed by atoms with Crippen molar-refractivity contribution in [3.63, 3.8) is 0 Å². The van der Waals surface area contributed by atoms with Crippen molar-refractivity contribution >= 4 is 5.91 Å². The molecule has 1 aromatic rings. The average molecular weight is 299 g/mol. The maximum atomic E-state index is 12.3. The number of nitrogens with one attached hydrogen (secondary N) is 1. The van der Waals surface area contributed by atoms with E-state index in [0.717, 1.165) is 25.7 Å². The molecule has 0 aliphatic heterocycles. The van der Waals surface area contributed by atoms with Gasteiger partial charge in [-0.1, -0.05) is 12.8 Å². The van der Waals surface area contributed by atoms with Gasteiger partial charge in [-0.25, -0.2) is 0 Å². The van der Waals surface area contributed by atoms with Gasteiger partial charge < -0.3 is 14.8 Å². The summed E-state index contributed by atoms with van der Waals surface area (Å²) in [4.78, 5) is 12.1. The molecule has 1 fully saturated rings. The van der Waals surface area contributed by atoms with Crippen LogP contribution < -0.4 is 14.8 Å². The molecule has 0 unspecified atom stereocenters. The zero-order valence-electron chi connectivity index (χ0n) is 11.9. The van der Waals surface area contributed by atoms with Crippen LogP contribution in [0.3, 0.4) is 0 Å². The largest absolute Gasteiger partial charge is 0.490 e. The monoisotopic (exact) mass is 299 g/mol. The standard InChI is InChI=1S/C15H19F2NO3/c1-2-20-13-9-10(7-8-12(13)21-15(16)17)14(19)18-11-5-3-4-6-11/h7-9,11,15H,2-6H2,1H3,(H,18,19). The van der Waals surface area contributed by atoms with Crippen LogP contribution in [0.15, 0.2) is 18.2 Å². The zero-order chi connectivity index (χ0) is 15.2. The summed E-state index contributed by atoms with van der Waals surface area (Å²) in [6, 6.07) is 4.43. The van der Waals surface area contributed by atoms with Gasteiger partial charge in [0, 0.05) is 11.6 Å². The van der Waals surface area contributed by atoms with Crippen LogP contribution in [-0.2, 0) is 0 Å². The molecule has 1 N–H and O–H groups in total. The maximum Gasteiger partial charge on any atom is 0.387 e. The first-order valence-electron chi connectivity index (χ1n) is 7.12. The molecule has 21 heavy (non-hydrogen) atoms. The maximum absolute atomic E-state index is 12.3. The minimum absolute atomic E-state index is 0.0655. The summed E-state index contributed by atoms with van der Waals surface area (Å²) >= 11 is 0. The number of hydrogen-bond donors (Lipinski definition) is 1. The molecule has 0 bridgehead atoms. The lowest BCUT2D eigenvalue weighted by molar-refractivity contribution is -0.0514. The number of halogens is 2. The molecule has 0 saturated heterocycles. The number of amides is 1. The molecule has 0 spiro atoms. The van der Waals surface area contributed by atoms with Crippen LogP contribution in [0.2, 0.25) is 0 Å². The number of ether oxygens (including phenoxy) is 2. The molecule has 1 aliphatic carbocycles. The van der Waals surface area contributed by atoms with Crippen molar-refractivity contribution in [1.29, 1.82) is 0 Å². The van der Waals surface area contributed by atoms with Crippen LogP contribution in [-0.4, -0.2) is 25.2 Å². The molecule has 0 aromatic heterocycles. The normalized spacial score (nSPS) is 15.2. The Hall–Kier alpha value is -1.85. The summed E-state index contributed by atoms with van der Waals surface area (Å²) in [5.74, 6) is -0.132. The predicted molar refractivity (Wildman–Crippen MR) is 74.0 cm³/mol. The van der Waals surface area contributed by atoms with Crippen molar-refractivity contribution in [2.75, 3.05) is 6.61 Å². The van der Waals surface area contributed by atoms with E-state index in [9.17, 15) is 13.6 Å².